The molecule has 0 bridgehead atoms. The highest BCUT2D eigenvalue weighted by Crippen LogP contribution is 2.39. The van der Waals surface area contributed by atoms with Crippen molar-refractivity contribution in [3.05, 3.63) is 11.9 Å². The van der Waals surface area contributed by atoms with Crippen molar-refractivity contribution >= 4 is 11.6 Å². The third-order valence-electron chi connectivity index (χ3n) is 4.62. The smallest absolute Gasteiger partial charge is 0.136 e. The second-order valence-electron chi connectivity index (χ2n) is 6.22. The van der Waals surface area contributed by atoms with Gasteiger partial charge in [-0.05, 0) is 31.6 Å². The van der Waals surface area contributed by atoms with Crippen LogP contribution in [0.1, 0.15) is 57.2 Å². The monoisotopic (exact) mass is 260 g/mol. The van der Waals surface area contributed by atoms with E-state index in [-0.39, 0.29) is 0 Å². The van der Waals surface area contributed by atoms with Crippen LogP contribution in [0.2, 0.25) is 0 Å². The largest absolute Gasteiger partial charge is 0.384 e. The van der Waals surface area contributed by atoms with Gasteiger partial charge in [0.2, 0.25) is 0 Å². The zero-order chi connectivity index (χ0) is 13.4. The Balaban J connectivity index is 1.83. The van der Waals surface area contributed by atoms with Crippen molar-refractivity contribution in [2.45, 2.75) is 57.4 Å². The van der Waals surface area contributed by atoms with E-state index in [4.69, 9.17) is 10.7 Å². The number of anilines is 2. The van der Waals surface area contributed by atoms with E-state index in [2.05, 4.69) is 23.9 Å². The maximum atomic E-state index is 5.95. The van der Waals surface area contributed by atoms with Crippen LogP contribution in [0.25, 0.3) is 0 Å². The third-order valence-corrected chi connectivity index (χ3v) is 4.62. The highest BCUT2D eigenvalue weighted by molar-refractivity contribution is 5.48. The lowest BCUT2D eigenvalue weighted by molar-refractivity contribution is 0.320. The quantitative estimate of drug-likeness (QED) is 0.907. The summed E-state index contributed by atoms with van der Waals surface area (Å²) >= 11 is 0. The predicted octanol–water partition coefficient (Wildman–Crippen LogP) is 2.95. The van der Waals surface area contributed by atoms with Gasteiger partial charge < -0.3 is 10.6 Å². The SMILES string of the molecule is CC1CCCCC1N(C)c1cc(N)nc(C2CC2)n1. The Kier molecular flexibility index (Phi) is 3.33. The first kappa shape index (κ1) is 12.7. The second kappa shape index (κ2) is 4.99. The Morgan fingerprint density at radius 3 is 2.58 bits per heavy atom. The molecule has 2 atom stereocenters. The summed E-state index contributed by atoms with van der Waals surface area (Å²) in [5.41, 5.74) is 5.95. The molecule has 2 aliphatic rings. The average molecular weight is 260 g/mol. The zero-order valence-corrected chi connectivity index (χ0v) is 12.0. The molecular weight excluding hydrogens is 236 g/mol. The maximum Gasteiger partial charge on any atom is 0.136 e. The molecule has 0 radical (unpaired) electrons. The molecule has 0 aromatic carbocycles. The first-order valence-electron chi connectivity index (χ1n) is 7.52. The van der Waals surface area contributed by atoms with Gasteiger partial charge >= 0.3 is 0 Å². The van der Waals surface area contributed by atoms with E-state index in [9.17, 15) is 0 Å². The Morgan fingerprint density at radius 2 is 1.89 bits per heavy atom. The molecule has 4 heteroatoms. The minimum atomic E-state index is 0.555. The molecule has 2 N–H and O–H groups in total. The molecule has 1 aromatic heterocycles. The number of rotatable bonds is 3. The topological polar surface area (TPSA) is 55.0 Å². The summed E-state index contributed by atoms with van der Waals surface area (Å²) in [4.78, 5) is 11.4. The van der Waals surface area contributed by atoms with Crippen molar-refractivity contribution in [2.75, 3.05) is 17.7 Å². The van der Waals surface area contributed by atoms with Crippen molar-refractivity contribution in [3.63, 3.8) is 0 Å². The normalized spacial score (nSPS) is 27.3. The minimum Gasteiger partial charge on any atom is -0.384 e. The van der Waals surface area contributed by atoms with Crippen LogP contribution < -0.4 is 10.6 Å². The second-order valence-corrected chi connectivity index (χ2v) is 6.22. The molecule has 2 fully saturated rings. The molecular formula is C15H24N4. The van der Waals surface area contributed by atoms with E-state index in [0.717, 1.165) is 17.6 Å². The van der Waals surface area contributed by atoms with Crippen LogP contribution in [-0.2, 0) is 0 Å². The molecule has 19 heavy (non-hydrogen) atoms. The molecule has 4 nitrogen and oxygen atoms in total. The van der Waals surface area contributed by atoms with Crippen molar-refractivity contribution in [1.29, 1.82) is 0 Å². The summed E-state index contributed by atoms with van der Waals surface area (Å²) in [7, 11) is 2.16. The van der Waals surface area contributed by atoms with Gasteiger partial charge in [0.25, 0.3) is 0 Å². The van der Waals surface area contributed by atoms with Gasteiger partial charge in [-0.15, -0.1) is 0 Å². The van der Waals surface area contributed by atoms with Gasteiger partial charge in [-0.25, -0.2) is 9.97 Å². The molecule has 2 unspecified atom stereocenters. The third kappa shape index (κ3) is 2.67. The van der Waals surface area contributed by atoms with Gasteiger partial charge in [0.1, 0.15) is 17.5 Å². The molecule has 0 saturated heterocycles. The fraction of sp³-hybridized carbons (Fsp3) is 0.733. The lowest BCUT2D eigenvalue weighted by Gasteiger charge is -2.37. The van der Waals surface area contributed by atoms with E-state index in [1.807, 2.05) is 6.07 Å². The number of nitrogens with zero attached hydrogens (tertiary/aromatic N) is 3. The molecule has 3 rings (SSSR count). The van der Waals surface area contributed by atoms with Gasteiger partial charge in [0.15, 0.2) is 0 Å². The highest BCUT2D eigenvalue weighted by Gasteiger charge is 2.29. The molecule has 2 aliphatic carbocycles. The van der Waals surface area contributed by atoms with E-state index in [1.54, 1.807) is 0 Å². The summed E-state index contributed by atoms with van der Waals surface area (Å²) in [6.07, 6.45) is 7.71. The van der Waals surface area contributed by atoms with E-state index in [1.165, 1.54) is 38.5 Å². The summed E-state index contributed by atoms with van der Waals surface area (Å²) in [6, 6.07) is 2.52. The van der Waals surface area contributed by atoms with E-state index in [0.29, 0.717) is 17.8 Å². The van der Waals surface area contributed by atoms with Crippen LogP contribution >= 0.6 is 0 Å². The maximum absolute atomic E-state index is 5.95. The van der Waals surface area contributed by atoms with Gasteiger partial charge in [-0.2, -0.15) is 0 Å². The van der Waals surface area contributed by atoms with Crippen LogP contribution in [0.5, 0.6) is 0 Å². The van der Waals surface area contributed by atoms with Crippen molar-refractivity contribution < 1.29 is 0 Å². The molecule has 2 saturated carbocycles. The molecule has 104 valence electrons. The molecule has 0 spiro atoms. The van der Waals surface area contributed by atoms with Crippen molar-refractivity contribution in [3.8, 4) is 0 Å². The van der Waals surface area contributed by atoms with Gasteiger partial charge in [0, 0.05) is 25.1 Å². The molecule has 0 aliphatic heterocycles. The Labute approximate surface area is 115 Å². The van der Waals surface area contributed by atoms with Gasteiger partial charge in [0.05, 0.1) is 0 Å². The van der Waals surface area contributed by atoms with E-state index < -0.39 is 0 Å². The van der Waals surface area contributed by atoms with Gasteiger partial charge in [-0.3, -0.25) is 0 Å². The van der Waals surface area contributed by atoms with Crippen LogP contribution in [-0.4, -0.2) is 23.1 Å². The summed E-state index contributed by atoms with van der Waals surface area (Å²) < 4.78 is 0. The Bertz CT molecular complexity index is 455. The summed E-state index contributed by atoms with van der Waals surface area (Å²) in [5.74, 6) is 3.86. The average Bonchev–Trinajstić information content (AvgIpc) is 3.22. The number of hydrogen-bond donors (Lipinski definition) is 1. The summed E-state index contributed by atoms with van der Waals surface area (Å²) in [6.45, 7) is 2.35. The number of nitrogens with two attached hydrogens (primary N) is 1. The molecule has 0 amide bonds. The predicted molar refractivity (Wildman–Crippen MR) is 78.2 cm³/mol. The molecule has 1 aromatic rings. The Hall–Kier alpha value is -1.32. The lowest BCUT2D eigenvalue weighted by atomic mass is 9.85. The van der Waals surface area contributed by atoms with Crippen molar-refractivity contribution in [2.24, 2.45) is 5.92 Å². The number of nitrogen functional groups attached to an aromatic ring is 1. The summed E-state index contributed by atoms with van der Waals surface area (Å²) in [5, 5.41) is 0. The van der Waals surface area contributed by atoms with Crippen LogP contribution in [0.4, 0.5) is 11.6 Å². The fourth-order valence-corrected chi connectivity index (χ4v) is 3.22. The lowest BCUT2D eigenvalue weighted by Crippen LogP contribution is -2.39. The van der Waals surface area contributed by atoms with Crippen LogP contribution in [0, 0.1) is 5.92 Å². The van der Waals surface area contributed by atoms with Crippen LogP contribution in [0.15, 0.2) is 6.07 Å². The first-order valence-corrected chi connectivity index (χ1v) is 7.52. The van der Waals surface area contributed by atoms with Gasteiger partial charge in [-0.1, -0.05) is 19.8 Å². The number of aromatic nitrogens is 2. The van der Waals surface area contributed by atoms with Crippen molar-refractivity contribution in [1.82, 2.24) is 9.97 Å². The Morgan fingerprint density at radius 1 is 1.16 bits per heavy atom. The minimum absolute atomic E-state index is 0.555. The van der Waals surface area contributed by atoms with E-state index >= 15 is 0 Å². The van der Waals surface area contributed by atoms with Crippen LogP contribution in [0.3, 0.4) is 0 Å². The number of hydrogen-bond acceptors (Lipinski definition) is 4. The standard InChI is InChI=1S/C15H24N4/c1-10-5-3-4-6-12(10)19(2)14-9-13(16)17-15(18-14)11-7-8-11/h9-12H,3-8H2,1-2H3,(H2,16,17,18). The first-order chi connectivity index (χ1) is 9.15. The molecule has 1 heterocycles. The fourth-order valence-electron chi connectivity index (χ4n) is 3.22. The highest BCUT2D eigenvalue weighted by atomic mass is 15.2. The zero-order valence-electron chi connectivity index (χ0n) is 12.0.